The zero-order chi connectivity index (χ0) is 15.9. The molecule has 0 radical (unpaired) electrons. The Balaban J connectivity index is 2.27. The van der Waals surface area contributed by atoms with Gasteiger partial charge in [-0.05, 0) is 25.7 Å². The molecule has 124 valence electrons. The van der Waals surface area contributed by atoms with Gasteiger partial charge >= 0.3 is 0 Å². The molecule has 0 aromatic carbocycles. The fourth-order valence-corrected chi connectivity index (χ4v) is 2.50. The van der Waals surface area contributed by atoms with E-state index in [4.69, 9.17) is 9.47 Å². The van der Waals surface area contributed by atoms with Crippen LogP contribution in [0.4, 0.5) is 0 Å². The van der Waals surface area contributed by atoms with Crippen LogP contribution in [-0.2, 0) is 9.47 Å². The minimum absolute atomic E-state index is 0.244. The van der Waals surface area contributed by atoms with Gasteiger partial charge < -0.3 is 9.47 Å². The molecule has 0 spiro atoms. The molecule has 0 heterocycles. The van der Waals surface area contributed by atoms with E-state index in [2.05, 4.69) is 62.5 Å². The average molecular weight is 304 g/mol. The molecule has 2 heteroatoms. The molecular weight excluding hydrogens is 272 g/mol. The lowest BCUT2D eigenvalue weighted by Crippen LogP contribution is -2.35. The topological polar surface area (TPSA) is 18.5 Å². The van der Waals surface area contributed by atoms with Crippen molar-refractivity contribution in [1.82, 2.24) is 0 Å². The normalized spacial score (nSPS) is 23.5. The highest BCUT2D eigenvalue weighted by atomic mass is 16.5. The third-order valence-electron chi connectivity index (χ3n) is 3.69. The highest BCUT2D eigenvalue weighted by Gasteiger charge is 2.25. The summed E-state index contributed by atoms with van der Waals surface area (Å²) in [5, 5.41) is 0. The molecule has 2 atom stereocenters. The van der Waals surface area contributed by atoms with Crippen molar-refractivity contribution in [1.29, 1.82) is 0 Å². The van der Waals surface area contributed by atoms with Gasteiger partial charge in [0, 0.05) is 0 Å². The van der Waals surface area contributed by atoms with Crippen LogP contribution in [0.2, 0.25) is 0 Å². The molecule has 0 aliphatic heterocycles. The van der Waals surface area contributed by atoms with Gasteiger partial charge in [-0.25, -0.2) is 0 Å². The lowest BCUT2D eigenvalue weighted by atomic mass is 9.94. The lowest BCUT2D eigenvalue weighted by molar-refractivity contribution is -0.0782. The van der Waals surface area contributed by atoms with Gasteiger partial charge in [-0.2, -0.15) is 0 Å². The fraction of sp³-hybridized carbons (Fsp3) is 0.600. The van der Waals surface area contributed by atoms with Crippen LogP contribution in [0.5, 0.6) is 0 Å². The molecule has 0 bridgehead atoms. The molecule has 1 aliphatic rings. The van der Waals surface area contributed by atoms with Crippen LogP contribution in [0.25, 0.3) is 0 Å². The van der Waals surface area contributed by atoms with Gasteiger partial charge in [-0.1, -0.05) is 75.3 Å². The quantitative estimate of drug-likeness (QED) is 0.505. The van der Waals surface area contributed by atoms with Crippen LogP contribution < -0.4 is 0 Å². The number of allylic oxidation sites excluding steroid dienone is 6. The third-order valence-corrected chi connectivity index (χ3v) is 3.69. The first-order chi connectivity index (χ1) is 10.9. The van der Waals surface area contributed by atoms with Gasteiger partial charge in [-0.3, -0.25) is 0 Å². The molecule has 1 aliphatic carbocycles. The highest BCUT2D eigenvalue weighted by Crippen LogP contribution is 2.23. The zero-order valence-electron chi connectivity index (χ0n) is 14.2. The fourth-order valence-electron chi connectivity index (χ4n) is 2.50. The molecule has 0 saturated heterocycles. The summed E-state index contributed by atoms with van der Waals surface area (Å²) in [5.74, 6) is 0. The minimum atomic E-state index is 0.244. The van der Waals surface area contributed by atoms with Gasteiger partial charge in [0.2, 0.25) is 0 Å². The third kappa shape index (κ3) is 9.01. The summed E-state index contributed by atoms with van der Waals surface area (Å²) in [5.41, 5.74) is 0. The number of rotatable bonds is 10. The van der Waals surface area contributed by atoms with Crippen molar-refractivity contribution < 1.29 is 9.47 Å². The van der Waals surface area contributed by atoms with Crippen molar-refractivity contribution in [3.05, 3.63) is 48.6 Å². The summed E-state index contributed by atoms with van der Waals surface area (Å²) in [6, 6.07) is 0. The van der Waals surface area contributed by atoms with E-state index in [9.17, 15) is 0 Å². The first kappa shape index (κ1) is 18.9. The Labute approximate surface area is 136 Å². The van der Waals surface area contributed by atoms with Crippen LogP contribution in [0.1, 0.15) is 52.4 Å². The maximum Gasteiger partial charge on any atom is 0.0841 e. The Morgan fingerprint density at radius 3 is 1.50 bits per heavy atom. The Morgan fingerprint density at radius 2 is 1.09 bits per heavy atom. The first-order valence-electron chi connectivity index (χ1n) is 8.75. The van der Waals surface area contributed by atoms with Gasteiger partial charge in [0.15, 0.2) is 0 Å². The standard InChI is InChI=1S/C20H32O2/c1-3-5-7-9-13-17-21-19-15-11-12-16-20(19)22-18-14-10-8-6-4-2/h5-10,13-14,19-20H,3-4,11-12,15-18H2,1-2H3. The molecule has 22 heavy (non-hydrogen) atoms. The van der Waals surface area contributed by atoms with E-state index in [-0.39, 0.29) is 12.2 Å². The molecule has 2 nitrogen and oxygen atoms in total. The van der Waals surface area contributed by atoms with Crippen LogP contribution in [0, 0.1) is 0 Å². The van der Waals surface area contributed by atoms with E-state index in [1.807, 2.05) is 0 Å². The Morgan fingerprint density at radius 1 is 0.682 bits per heavy atom. The van der Waals surface area contributed by atoms with Crippen molar-refractivity contribution >= 4 is 0 Å². The average Bonchev–Trinajstić information content (AvgIpc) is 2.55. The van der Waals surface area contributed by atoms with E-state index in [1.54, 1.807) is 0 Å². The Kier molecular flexibility index (Phi) is 11.6. The van der Waals surface area contributed by atoms with Crippen molar-refractivity contribution in [3.8, 4) is 0 Å². The van der Waals surface area contributed by atoms with E-state index in [0.29, 0.717) is 13.2 Å². The maximum atomic E-state index is 5.99. The second-order valence-electron chi connectivity index (χ2n) is 5.56. The van der Waals surface area contributed by atoms with Crippen molar-refractivity contribution in [2.45, 2.75) is 64.6 Å². The van der Waals surface area contributed by atoms with E-state index >= 15 is 0 Å². The van der Waals surface area contributed by atoms with Crippen LogP contribution >= 0.6 is 0 Å². The predicted molar refractivity (Wildman–Crippen MR) is 95.1 cm³/mol. The molecule has 0 N–H and O–H groups in total. The SMILES string of the molecule is CCC=CC=CCOC1CCCCC1OCC=CC=CCC. The summed E-state index contributed by atoms with van der Waals surface area (Å²) >= 11 is 0. The monoisotopic (exact) mass is 304 g/mol. The number of hydrogen-bond donors (Lipinski definition) is 0. The molecule has 2 unspecified atom stereocenters. The van der Waals surface area contributed by atoms with Crippen LogP contribution in [-0.4, -0.2) is 25.4 Å². The molecule has 0 aromatic heterocycles. The molecule has 0 amide bonds. The first-order valence-corrected chi connectivity index (χ1v) is 8.75. The second-order valence-corrected chi connectivity index (χ2v) is 5.56. The summed E-state index contributed by atoms with van der Waals surface area (Å²) < 4.78 is 12.0. The highest BCUT2D eigenvalue weighted by molar-refractivity contribution is 5.03. The number of ether oxygens (including phenoxy) is 2. The number of hydrogen-bond acceptors (Lipinski definition) is 2. The molecule has 1 rings (SSSR count). The lowest BCUT2D eigenvalue weighted by Gasteiger charge is -2.30. The largest absolute Gasteiger partial charge is 0.371 e. The van der Waals surface area contributed by atoms with Crippen LogP contribution in [0.15, 0.2) is 48.6 Å². The summed E-state index contributed by atoms with van der Waals surface area (Å²) in [6.07, 6.45) is 24.1. The van der Waals surface area contributed by atoms with Crippen LogP contribution in [0.3, 0.4) is 0 Å². The molecule has 0 aromatic rings. The van der Waals surface area contributed by atoms with Gasteiger partial charge in [0.25, 0.3) is 0 Å². The minimum Gasteiger partial charge on any atom is -0.371 e. The summed E-state index contributed by atoms with van der Waals surface area (Å²) in [6.45, 7) is 5.62. The van der Waals surface area contributed by atoms with E-state index in [1.165, 1.54) is 12.8 Å². The van der Waals surface area contributed by atoms with Gasteiger partial charge in [0.05, 0.1) is 25.4 Å². The summed E-state index contributed by atoms with van der Waals surface area (Å²) in [4.78, 5) is 0. The van der Waals surface area contributed by atoms with Gasteiger partial charge in [0.1, 0.15) is 0 Å². The van der Waals surface area contributed by atoms with Crippen molar-refractivity contribution in [3.63, 3.8) is 0 Å². The van der Waals surface area contributed by atoms with Gasteiger partial charge in [-0.15, -0.1) is 0 Å². The predicted octanol–water partition coefficient (Wildman–Crippen LogP) is 5.38. The summed E-state index contributed by atoms with van der Waals surface area (Å²) in [7, 11) is 0. The van der Waals surface area contributed by atoms with Crippen molar-refractivity contribution in [2.75, 3.05) is 13.2 Å². The second kappa shape index (κ2) is 13.5. The van der Waals surface area contributed by atoms with E-state index < -0.39 is 0 Å². The molecule has 1 fully saturated rings. The smallest absolute Gasteiger partial charge is 0.0841 e. The van der Waals surface area contributed by atoms with E-state index in [0.717, 1.165) is 25.7 Å². The maximum absolute atomic E-state index is 5.99. The Hall–Kier alpha value is -1.12. The molecule has 1 saturated carbocycles. The molecular formula is C20H32O2. The Bertz CT molecular complexity index is 330. The zero-order valence-corrected chi connectivity index (χ0v) is 14.2. The van der Waals surface area contributed by atoms with Crippen molar-refractivity contribution in [2.24, 2.45) is 0 Å².